The van der Waals surface area contributed by atoms with Gasteiger partial charge in [0.15, 0.2) is 28.8 Å². The first-order chi connectivity index (χ1) is 30.2. The molecule has 0 unspecified atom stereocenters. The molecule has 0 saturated carbocycles. The molecule has 6 atom stereocenters. The predicted molar refractivity (Wildman–Crippen MR) is 239 cm³/mol. The third-order valence-corrected chi connectivity index (χ3v) is 12.2. The van der Waals surface area contributed by atoms with Crippen molar-refractivity contribution >= 4 is 41.1 Å². The van der Waals surface area contributed by atoms with Gasteiger partial charge in [0.2, 0.25) is 5.91 Å². The number of hydrogen-bond donors (Lipinski definition) is 7. The van der Waals surface area contributed by atoms with Crippen LogP contribution in [0.15, 0.2) is 54.6 Å². The van der Waals surface area contributed by atoms with Crippen LogP contribution < -0.4 is 16.8 Å². The van der Waals surface area contributed by atoms with E-state index in [1.807, 2.05) is 71.3 Å². The summed E-state index contributed by atoms with van der Waals surface area (Å²) >= 11 is 6.00. The van der Waals surface area contributed by atoms with Gasteiger partial charge in [-0.3, -0.25) is 9.59 Å². The molecule has 346 valence electrons. The Hall–Kier alpha value is -4.62. The number of aliphatic hydroxyl groups excluding tert-OH is 3. The number of carboxylic acid groups (broad SMARTS) is 1. The summed E-state index contributed by atoms with van der Waals surface area (Å²) in [6, 6.07) is 17.0. The minimum Gasteiger partial charge on any atom is -0.465 e. The molecule has 2 fully saturated rings. The maximum Gasteiger partial charge on any atom is 0.407 e. The molecule has 2 aliphatic heterocycles. The Balaban J connectivity index is 1.14. The maximum absolute atomic E-state index is 13.6. The zero-order valence-electron chi connectivity index (χ0n) is 36.4. The van der Waals surface area contributed by atoms with Crippen LogP contribution in [-0.4, -0.2) is 146 Å². The summed E-state index contributed by atoms with van der Waals surface area (Å²) < 4.78 is 11.6. The van der Waals surface area contributed by atoms with Crippen LogP contribution in [0.4, 0.5) is 16.4 Å². The third kappa shape index (κ3) is 14.7. The van der Waals surface area contributed by atoms with Crippen LogP contribution in [0.25, 0.3) is 0 Å². The number of nitrogens with zero attached hydrogens (tertiary/aromatic N) is 5. The highest BCUT2D eigenvalue weighted by Gasteiger charge is 2.40. The predicted octanol–water partition coefficient (Wildman–Crippen LogP) is 3.88. The van der Waals surface area contributed by atoms with E-state index in [1.165, 1.54) is 4.90 Å². The van der Waals surface area contributed by atoms with Crippen molar-refractivity contribution in [2.24, 2.45) is 11.8 Å². The van der Waals surface area contributed by atoms with Gasteiger partial charge < -0.3 is 61.4 Å². The topological polar surface area (TPSA) is 250 Å². The van der Waals surface area contributed by atoms with E-state index in [4.69, 9.17) is 32.5 Å². The fraction of sp³-hybridized carbons (Fsp3) is 0.578. The Morgan fingerprint density at radius 2 is 1.68 bits per heavy atom. The lowest BCUT2D eigenvalue weighted by molar-refractivity contribution is -0.283. The maximum atomic E-state index is 13.6. The van der Waals surface area contributed by atoms with E-state index in [0.29, 0.717) is 45.4 Å². The molecule has 2 aromatic carbocycles. The number of nitrogen functional groups attached to an aromatic ring is 2. The van der Waals surface area contributed by atoms with Crippen LogP contribution in [0, 0.1) is 18.8 Å². The second kappa shape index (κ2) is 24.4. The first kappa shape index (κ1) is 49.4. The zero-order valence-corrected chi connectivity index (χ0v) is 37.1. The highest BCUT2D eigenvalue weighted by atomic mass is 35.5. The van der Waals surface area contributed by atoms with Crippen molar-refractivity contribution in [1.29, 1.82) is 0 Å². The Labute approximate surface area is 374 Å². The number of amides is 3. The van der Waals surface area contributed by atoms with Crippen molar-refractivity contribution in [2.45, 2.75) is 95.9 Å². The molecule has 5 rings (SSSR count). The largest absolute Gasteiger partial charge is 0.465 e. The SMILES string of the molecule is CCCCCCN(CCC(=O)N1CCC(CN(C[C@H](CNC(=O)c2nc(Cl)c(N)nc2N)Cc2ccccc2C)C(=O)O)CC1)C[C@@H](O)[C@@H](O)[C@@H]1O[C@H](c2ccccc2)OC[C@H]1O. The van der Waals surface area contributed by atoms with Crippen molar-refractivity contribution in [3.05, 3.63) is 82.1 Å². The monoisotopic (exact) mass is 896 g/mol. The van der Waals surface area contributed by atoms with E-state index in [9.17, 15) is 34.8 Å². The molecule has 17 nitrogen and oxygen atoms in total. The number of nitrogens with two attached hydrogens (primary N) is 2. The molecule has 3 amide bonds. The summed E-state index contributed by atoms with van der Waals surface area (Å²) in [5.41, 5.74) is 14.2. The summed E-state index contributed by atoms with van der Waals surface area (Å²) in [7, 11) is 0. The van der Waals surface area contributed by atoms with E-state index < -0.39 is 42.7 Å². The quantitative estimate of drug-likeness (QED) is 0.0708. The van der Waals surface area contributed by atoms with Gasteiger partial charge in [0.05, 0.1) is 12.7 Å². The zero-order chi connectivity index (χ0) is 45.5. The van der Waals surface area contributed by atoms with E-state index in [0.717, 1.165) is 42.4 Å². The molecule has 63 heavy (non-hydrogen) atoms. The lowest BCUT2D eigenvalue weighted by Gasteiger charge is -2.39. The normalized spacial score (nSPS) is 19.7. The molecule has 2 aliphatic rings. The number of likely N-dealkylation sites (tertiary alicyclic amines) is 1. The number of carbonyl (C=O) groups excluding carboxylic acids is 2. The molecule has 9 N–H and O–H groups in total. The van der Waals surface area contributed by atoms with Gasteiger partial charge in [-0.1, -0.05) is 92.4 Å². The third-order valence-electron chi connectivity index (χ3n) is 11.9. The Morgan fingerprint density at radius 3 is 2.38 bits per heavy atom. The average Bonchev–Trinajstić information content (AvgIpc) is 3.27. The standard InChI is InChI=1S/C45H65ClN8O9/c1-3-4-5-11-19-52(27-34(55)38(58)39-35(56)28-62-44(63-39)32-13-7-6-8-14-32)20-18-36(57)53-21-16-30(17-22-53)25-54(45(60)61)26-31(23-33-15-10-9-12-29(33)2)24-49-43(59)37-41(47)51-42(48)40(46)50-37/h6-10,12-15,30-31,34-35,38-39,44,55-56,58H,3-5,11,16-28H2,1-2H3,(H,49,59)(H,60,61)(H4,47,48,51)/t31-,34+,35+,38+,39+,44+/m0/s1. The number of nitrogens with one attached hydrogen (secondary N) is 1. The number of ether oxygens (including phenoxy) is 2. The number of aryl methyl sites for hydroxylation is 1. The van der Waals surface area contributed by atoms with Gasteiger partial charge in [-0.2, -0.15) is 0 Å². The van der Waals surface area contributed by atoms with Crippen LogP contribution in [-0.2, 0) is 20.7 Å². The highest BCUT2D eigenvalue weighted by Crippen LogP contribution is 2.29. The van der Waals surface area contributed by atoms with Crippen molar-refractivity contribution in [3.63, 3.8) is 0 Å². The number of benzene rings is 2. The molecular weight excluding hydrogens is 832 g/mol. The van der Waals surface area contributed by atoms with Gasteiger partial charge in [0.1, 0.15) is 18.3 Å². The molecule has 0 bridgehead atoms. The number of aromatic nitrogens is 2. The van der Waals surface area contributed by atoms with Gasteiger partial charge in [-0.25, -0.2) is 14.8 Å². The second-order valence-corrected chi connectivity index (χ2v) is 17.1. The summed E-state index contributed by atoms with van der Waals surface area (Å²) in [5.74, 6) is -1.20. The first-order valence-corrected chi connectivity index (χ1v) is 22.4. The van der Waals surface area contributed by atoms with E-state index in [1.54, 1.807) is 0 Å². The number of piperidine rings is 1. The van der Waals surface area contributed by atoms with Crippen LogP contribution >= 0.6 is 11.6 Å². The minimum absolute atomic E-state index is 0.0155. The van der Waals surface area contributed by atoms with Crippen molar-refractivity contribution in [3.8, 4) is 0 Å². The summed E-state index contributed by atoms with van der Waals surface area (Å²) in [4.78, 5) is 52.5. The average molecular weight is 898 g/mol. The smallest absolute Gasteiger partial charge is 0.407 e. The van der Waals surface area contributed by atoms with E-state index >= 15 is 0 Å². The number of halogens is 1. The lowest BCUT2D eigenvalue weighted by Crippen LogP contribution is -2.54. The van der Waals surface area contributed by atoms with Crippen LogP contribution in [0.2, 0.25) is 5.15 Å². The van der Waals surface area contributed by atoms with Gasteiger partial charge >= 0.3 is 6.09 Å². The lowest BCUT2D eigenvalue weighted by atomic mass is 9.93. The van der Waals surface area contributed by atoms with Crippen LogP contribution in [0.1, 0.15) is 85.3 Å². The number of rotatable bonds is 22. The van der Waals surface area contributed by atoms with Gasteiger partial charge in [0, 0.05) is 57.8 Å². The van der Waals surface area contributed by atoms with Gasteiger partial charge in [-0.05, 0) is 62.1 Å². The fourth-order valence-electron chi connectivity index (χ4n) is 8.21. The summed E-state index contributed by atoms with van der Waals surface area (Å²) in [5, 5.41) is 46.2. The van der Waals surface area contributed by atoms with Gasteiger partial charge in [-0.15, -0.1) is 0 Å². The van der Waals surface area contributed by atoms with Crippen molar-refractivity contribution in [2.75, 3.05) is 70.4 Å². The van der Waals surface area contributed by atoms with Crippen molar-refractivity contribution < 1.29 is 44.3 Å². The Kier molecular flexibility index (Phi) is 19.2. The molecule has 3 heterocycles. The fourth-order valence-corrected chi connectivity index (χ4v) is 8.33. The highest BCUT2D eigenvalue weighted by molar-refractivity contribution is 6.31. The summed E-state index contributed by atoms with van der Waals surface area (Å²) in [6.07, 6.45) is -0.804. The minimum atomic E-state index is -1.40. The van der Waals surface area contributed by atoms with E-state index in [-0.39, 0.29) is 79.4 Å². The van der Waals surface area contributed by atoms with E-state index in [2.05, 4.69) is 22.2 Å². The summed E-state index contributed by atoms with van der Waals surface area (Å²) in [6.45, 7) is 6.63. The Bertz CT molecular complexity index is 1920. The number of unbranched alkanes of at least 4 members (excludes halogenated alkanes) is 3. The number of aliphatic hydroxyl groups is 3. The van der Waals surface area contributed by atoms with Crippen molar-refractivity contribution in [1.82, 2.24) is 30.0 Å². The molecule has 0 aliphatic carbocycles. The van der Waals surface area contributed by atoms with Crippen LogP contribution in [0.5, 0.6) is 0 Å². The van der Waals surface area contributed by atoms with Gasteiger partial charge in [0.25, 0.3) is 5.91 Å². The number of hydrogen-bond acceptors (Lipinski definition) is 13. The first-order valence-electron chi connectivity index (χ1n) is 22.0. The molecule has 3 aromatic rings. The molecule has 0 radical (unpaired) electrons. The number of carbonyl (C=O) groups is 3. The molecular formula is C45H65ClN8O9. The Morgan fingerprint density at radius 1 is 0.968 bits per heavy atom. The molecule has 1 aromatic heterocycles. The van der Waals surface area contributed by atoms with Crippen LogP contribution in [0.3, 0.4) is 0 Å². The molecule has 2 saturated heterocycles. The molecule has 18 heteroatoms. The second-order valence-electron chi connectivity index (χ2n) is 16.8. The number of anilines is 2. The molecule has 0 spiro atoms.